The van der Waals surface area contributed by atoms with Crippen LogP contribution in [0.5, 0.6) is 17.2 Å². The van der Waals surface area contributed by atoms with Crippen LogP contribution in [0.1, 0.15) is 155 Å². The van der Waals surface area contributed by atoms with E-state index >= 15 is 4.79 Å². The van der Waals surface area contributed by atoms with E-state index in [9.17, 15) is 19.8 Å². The van der Waals surface area contributed by atoms with Gasteiger partial charge in [0.1, 0.15) is 40.1 Å². The van der Waals surface area contributed by atoms with Crippen LogP contribution in [0.4, 0.5) is 0 Å². The number of rotatable bonds is 11. The number of fused-ring (bicyclic) bond motifs is 2. The number of phenolic OH excluding ortho intramolecular Hbond substituents is 1. The molecule has 1 saturated carbocycles. The molecule has 0 aromatic heterocycles. The van der Waals surface area contributed by atoms with Crippen LogP contribution in [-0.4, -0.2) is 50.7 Å². The Morgan fingerprint density at radius 3 is 2.24 bits per heavy atom. The van der Waals surface area contributed by atoms with Crippen molar-refractivity contribution < 1.29 is 38.8 Å². The normalized spacial score (nSPS) is 28.9. The minimum absolute atomic E-state index is 0.0416. The van der Waals surface area contributed by atoms with E-state index in [-0.39, 0.29) is 53.1 Å². The topological polar surface area (TPSA) is 119 Å². The third-order valence-electron chi connectivity index (χ3n) is 12.7. The number of ether oxygens (including phenoxy) is 3. The van der Waals surface area contributed by atoms with Gasteiger partial charge in [-0.15, -0.1) is 0 Å². The highest BCUT2D eigenvalue weighted by Gasteiger charge is 2.55. The van der Waals surface area contributed by atoms with Gasteiger partial charge in [-0.05, 0) is 112 Å². The Labute approximate surface area is 323 Å². The van der Waals surface area contributed by atoms with Gasteiger partial charge in [0.25, 0.3) is 0 Å². The van der Waals surface area contributed by atoms with Gasteiger partial charge in [0.15, 0.2) is 11.6 Å². The maximum absolute atomic E-state index is 15.3. The Kier molecular flexibility index (Phi) is 12.5. The summed E-state index contributed by atoms with van der Waals surface area (Å²) in [6, 6.07) is 0. The molecule has 5 rings (SSSR count). The molecule has 0 amide bonds. The number of ketones is 2. The number of carbonyl (C=O) groups excluding carboxylic acids is 2. The summed E-state index contributed by atoms with van der Waals surface area (Å²) < 4.78 is 20.9. The first-order valence-electron chi connectivity index (χ1n) is 20.2. The Bertz CT molecular complexity index is 1750. The van der Waals surface area contributed by atoms with Crippen LogP contribution in [0.25, 0.3) is 6.08 Å². The van der Waals surface area contributed by atoms with Crippen LogP contribution in [0.2, 0.25) is 0 Å². The Morgan fingerprint density at radius 1 is 0.944 bits per heavy atom. The molecule has 1 aliphatic carbocycles. The highest BCUT2D eigenvalue weighted by Crippen LogP contribution is 2.55. The molecule has 54 heavy (non-hydrogen) atoms. The largest absolute Gasteiger partial charge is 0.506 e. The van der Waals surface area contributed by atoms with Crippen LogP contribution >= 0.6 is 0 Å². The van der Waals surface area contributed by atoms with E-state index in [0.717, 1.165) is 49.7 Å². The summed E-state index contributed by atoms with van der Waals surface area (Å²) in [5, 5.41) is 21.6. The van der Waals surface area contributed by atoms with E-state index in [0.29, 0.717) is 35.8 Å². The molecule has 6 atom stereocenters. The number of benzene rings is 1. The molecule has 2 fully saturated rings. The smallest absolute Gasteiger partial charge is 0.330 e. The minimum atomic E-state index is -1.25. The molecule has 6 unspecified atom stereocenters. The predicted molar refractivity (Wildman–Crippen MR) is 213 cm³/mol. The van der Waals surface area contributed by atoms with Gasteiger partial charge in [0.05, 0.1) is 17.1 Å². The summed E-state index contributed by atoms with van der Waals surface area (Å²) in [5.41, 5.74) is 1.15. The second-order valence-corrected chi connectivity index (χ2v) is 18.0. The van der Waals surface area contributed by atoms with E-state index < -0.39 is 34.8 Å². The summed E-state index contributed by atoms with van der Waals surface area (Å²) >= 11 is 0. The zero-order chi connectivity index (χ0) is 39.7. The average molecular weight is 745 g/mol. The van der Waals surface area contributed by atoms with Gasteiger partial charge in [-0.25, -0.2) is 4.79 Å². The fourth-order valence-electron chi connectivity index (χ4n) is 9.31. The van der Waals surface area contributed by atoms with Crippen LogP contribution in [0, 0.1) is 23.7 Å². The van der Waals surface area contributed by atoms with Crippen LogP contribution < -0.4 is 9.47 Å². The Balaban J connectivity index is 1.66. The van der Waals surface area contributed by atoms with Crippen LogP contribution in [-0.2, 0) is 20.7 Å². The quantitative estimate of drug-likeness (QED) is 0.170. The summed E-state index contributed by atoms with van der Waals surface area (Å²) in [6.07, 6.45) is 17.4. The number of hydrogen-bond acceptors (Lipinski definition) is 7. The maximum atomic E-state index is 15.3. The first kappa shape index (κ1) is 41.5. The van der Waals surface area contributed by atoms with Gasteiger partial charge < -0.3 is 24.4 Å². The van der Waals surface area contributed by atoms with Gasteiger partial charge in [-0.3, -0.25) is 9.59 Å². The molecule has 1 saturated heterocycles. The van der Waals surface area contributed by atoms with E-state index in [1.54, 1.807) is 13.0 Å². The highest BCUT2D eigenvalue weighted by atomic mass is 16.5. The standard InChI is InChI=1S/C46H64O8/c1-27(2)15-14-24-45(9)25-23-32-38(48)37-39(49)36(30(6)31-16-12-11-13-17-31)42(52-41(37)33(40(32)53-45)19-18-28(3)4)34-20-21-35(47)46(10,54-44(34,7)8)26-22-29(5)43(50)51/h15,18,22-23,25,30-31,34,36,42,48H,11-14,16-17,19-21,24,26H2,1-10H3,(H,50,51). The number of carbonyl (C=O) groups is 3. The molecule has 296 valence electrons. The summed E-state index contributed by atoms with van der Waals surface area (Å²) in [6.45, 7) is 19.6. The van der Waals surface area contributed by atoms with Crippen molar-refractivity contribution in [3.05, 3.63) is 57.7 Å². The van der Waals surface area contributed by atoms with Crippen molar-refractivity contribution in [3.8, 4) is 17.2 Å². The van der Waals surface area contributed by atoms with Gasteiger partial charge in [-0.1, -0.05) is 68.4 Å². The van der Waals surface area contributed by atoms with Crippen molar-refractivity contribution in [1.82, 2.24) is 0 Å². The molecule has 3 heterocycles. The average Bonchev–Trinajstić information content (AvgIpc) is 3.18. The monoisotopic (exact) mass is 744 g/mol. The lowest BCUT2D eigenvalue weighted by Crippen LogP contribution is -2.55. The number of Topliss-reactive ketones (excluding diaryl/α,β-unsaturated/α-hetero) is 2. The highest BCUT2D eigenvalue weighted by molar-refractivity contribution is 6.06. The lowest BCUT2D eigenvalue weighted by atomic mass is 9.65. The molecule has 0 bridgehead atoms. The fourth-order valence-corrected chi connectivity index (χ4v) is 9.31. The second-order valence-electron chi connectivity index (χ2n) is 18.0. The van der Waals surface area contributed by atoms with Crippen LogP contribution in [0.15, 0.2) is 41.0 Å². The number of aliphatic carboxylic acids is 1. The lowest BCUT2D eigenvalue weighted by molar-refractivity contribution is -0.176. The zero-order valence-electron chi connectivity index (χ0n) is 34.4. The first-order chi connectivity index (χ1) is 25.3. The minimum Gasteiger partial charge on any atom is -0.506 e. The number of allylic oxidation sites excluding steroid dienone is 4. The molecule has 1 aromatic carbocycles. The molecule has 2 N–H and O–H groups in total. The summed E-state index contributed by atoms with van der Waals surface area (Å²) in [7, 11) is 0. The van der Waals surface area contributed by atoms with Gasteiger partial charge in [0, 0.05) is 29.9 Å². The maximum Gasteiger partial charge on any atom is 0.330 e. The van der Waals surface area contributed by atoms with E-state index in [1.807, 2.05) is 39.8 Å². The van der Waals surface area contributed by atoms with Gasteiger partial charge >= 0.3 is 5.97 Å². The second kappa shape index (κ2) is 16.2. The van der Waals surface area contributed by atoms with Gasteiger partial charge in [0.2, 0.25) is 0 Å². The van der Waals surface area contributed by atoms with Crippen molar-refractivity contribution in [2.24, 2.45) is 23.7 Å². The van der Waals surface area contributed by atoms with Gasteiger partial charge in [-0.2, -0.15) is 0 Å². The molecule has 8 nitrogen and oxygen atoms in total. The lowest BCUT2D eigenvalue weighted by Gasteiger charge is -2.48. The van der Waals surface area contributed by atoms with E-state index in [2.05, 4.69) is 39.8 Å². The number of aromatic hydroxyl groups is 1. The Hall–Kier alpha value is -3.65. The van der Waals surface area contributed by atoms with Crippen molar-refractivity contribution in [1.29, 1.82) is 0 Å². The van der Waals surface area contributed by atoms with E-state index in [1.165, 1.54) is 18.9 Å². The van der Waals surface area contributed by atoms with Crippen LogP contribution in [0.3, 0.4) is 0 Å². The Morgan fingerprint density at radius 2 is 1.61 bits per heavy atom. The number of carboxylic acid groups (broad SMARTS) is 1. The molecule has 0 radical (unpaired) electrons. The summed E-state index contributed by atoms with van der Waals surface area (Å²) in [4.78, 5) is 40.8. The molecule has 0 spiro atoms. The van der Waals surface area contributed by atoms with Crippen molar-refractivity contribution in [2.75, 3.05) is 0 Å². The summed E-state index contributed by atoms with van der Waals surface area (Å²) in [5.74, 6) is -1.14. The molecule has 1 aromatic rings. The molecule has 4 aliphatic rings. The van der Waals surface area contributed by atoms with E-state index in [4.69, 9.17) is 14.2 Å². The predicted octanol–water partition coefficient (Wildman–Crippen LogP) is 10.5. The van der Waals surface area contributed by atoms with Crippen molar-refractivity contribution >= 4 is 23.6 Å². The number of phenols is 1. The molecular weight excluding hydrogens is 680 g/mol. The molecular formula is C46H64O8. The third-order valence-corrected chi connectivity index (χ3v) is 12.7. The third kappa shape index (κ3) is 8.59. The zero-order valence-corrected chi connectivity index (χ0v) is 34.4. The number of carboxylic acids is 1. The fraction of sp³-hybridized carbons (Fsp3) is 0.630. The van der Waals surface area contributed by atoms with Crippen molar-refractivity contribution in [3.63, 3.8) is 0 Å². The number of hydrogen-bond donors (Lipinski definition) is 2. The van der Waals surface area contributed by atoms with Crippen molar-refractivity contribution in [2.45, 2.75) is 163 Å². The molecule has 3 aliphatic heterocycles. The molecule has 8 heteroatoms. The SMILES string of the molecule is CC(C)=CCCC1(C)C=Cc2c(O)c3c(c(CC=C(C)C)c2O1)OC(C1CCC(=O)C(C)(CC=C(C)C(=O)O)OC1(C)C)C(C(C)C1CCCCC1)C3=O. The first-order valence-corrected chi connectivity index (χ1v) is 20.2.